The van der Waals surface area contributed by atoms with Crippen molar-refractivity contribution in [3.8, 4) is 0 Å². The van der Waals surface area contributed by atoms with Gasteiger partial charge in [-0.05, 0) is 37.6 Å². The highest BCUT2D eigenvalue weighted by Gasteiger charge is 2.33. The number of furan rings is 1. The summed E-state index contributed by atoms with van der Waals surface area (Å²) in [5.41, 5.74) is 2.05. The van der Waals surface area contributed by atoms with Gasteiger partial charge in [0.15, 0.2) is 4.80 Å². The van der Waals surface area contributed by atoms with Crippen LogP contribution in [0, 0.1) is 10.1 Å². The molecule has 34 heavy (non-hydrogen) atoms. The molecule has 10 nitrogen and oxygen atoms in total. The minimum Gasteiger partial charge on any atom is -0.463 e. The number of thiazole rings is 1. The Morgan fingerprint density at radius 2 is 2.00 bits per heavy atom. The molecule has 0 saturated heterocycles. The zero-order valence-electron chi connectivity index (χ0n) is 19.0. The molecule has 2 aromatic heterocycles. The van der Waals surface area contributed by atoms with Crippen molar-refractivity contribution in [1.29, 1.82) is 0 Å². The van der Waals surface area contributed by atoms with Crippen LogP contribution < -0.4 is 19.8 Å². The molecule has 0 aliphatic carbocycles. The normalized spacial score (nSPS) is 15.6. The van der Waals surface area contributed by atoms with Crippen LogP contribution in [0.2, 0.25) is 0 Å². The van der Waals surface area contributed by atoms with Crippen molar-refractivity contribution < 1.29 is 18.9 Å². The largest absolute Gasteiger partial charge is 0.463 e. The number of allylic oxidation sites excluding steroid dienone is 1. The Bertz CT molecular complexity index is 1480. The second-order valence-electron chi connectivity index (χ2n) is 7.72. The zero-order chi connectivity index (χ0) is 24.6. The number of aromatic nitrogens is 1. The number of ether oxygens (including phenoxy) is 1. The molecule has 1 aliphatic rings. The number of nitrogens with zero attached hydrogens (tertiary/aromatic N) is 4. The topological polar surface area (TPSA) is 120 Å². The highest BCUT2D eigenvalue weighted by molar-refractivity contribution is 7.07. The van der Waals surface area contributed by atoms with Crippen molar-refractivity contribution in [2.75, 3.05) is 25.6 Å². The number of fused-ring (bicyclic) bond motifs is 1. The van der Waals surface area contributed by atoms with Crippen LogP contribution in [0.15, 0.2) is 61.9 Å². The summed E-state index contributed by atoms with van der Waals surface area (Å²) in [5.74, 6) is -0.787. The van der Waals surface area contributed by atoms with Gasteiger partial charge in [-0.1, -0.05) is 23.5 Å². The zero-order valence-corrected chi connectivity index (χ0v) is 19.8. The third-order valence-electron chi connectivity index (χ3n) is 5.31. The van der Waals surface area contributed by atoms with E-state index in [0.29, 0.717) is 10.5 Å². The first-order valence-corrected chi connectivity index (χ1v) is 11.2. The Morgan fingerprint density at radius 1 is 1.29 bits per heavy atom. The molecular formula is C23H22N4O6S. The number of carbonyl (C=O) groups excluding carboxylic acids is 1. The average Bonchev–Trinajstić information content (AvgIpc) is 3.38. The van der Waals surface area contributed by atoms with E-state index in [0.717, 1.165) is 22.6 Å². The summed E-state index contributed by atoms with van der Waals surface area (Å²) in [4.78, 5) is 43.5. The minimum atomic E-state index is -0.736. The van der Waals surface area contributed by atoms with E-state index in [4.69, 9.17) is 9.15 Å². The van der Waals surface area contributed by atoms with Gasteiger partial charge in [-0.3, -0.25) is 19.5 Å². The number of anilines is 1. The molecule has 4 rings (SSSR count). The molecule has 176 valence electrons. The molecule has 0 radical (unpaired) electrons. The Labute approximate surface area is 197 Å². The maximum Gasteiger partial charge on any atom is 0.433 e. The second kappa shape index (κ2) is 9.10. The smallest absolute Gasteiger partial charge is 0.433 e. The number of nitro groups is 1. The number of esters is 1. The fourth-order valence-electron chi connectivity index (χ4n) is 3.71. The van der Waals surface area contributed by atoms with Gasteiger partial charge in [0.1, 0.15) is 10.7 Å². The lowest BCUT2D eigenvalue weighted by molar-refractivity contribution is -0.402. The summed E-state index contributed by atoms with van der Waals surface area (Å²) in [6, 6.07) is 9.45. The quantitative estimate of drug-likeness (QED) is 0.300. The van der Waals surface area contributed by atoms with Crippen molar-refractivity contribution in [3.63, 3.8) is 0 Å². The molecule has 0 unspecified atom stereocenters. The average molecular weight is 483 g/mol. The third kappa shape index (κ3) is 4.17. The number of benzene rings is 1. The monoisotopic (exact) mass is 482 g/mol. The van der Waals surface area contributed by atoms with Crippen LogP contribution in [0.3, 0.4) is 0 Å². The first kappa shape index (κ1) is 23.2. The molecule has 1 atom stereocenters. The van der Waals surface area contributed by atoms with E-state index in [2.05, 4.69) is 4.99 Å². The highest BCUT2D eigenvalue weighted by Crippen LogP contribution is 2.31. The molecule has 0 fully saturated rings. The van der Waals surface area contributed by atoms with Gasteiger partial charge in [-0.25, -0.2) is 9.79 Å². The Balaban J connectivity index is 1.91. The number of carbonyl (C=O) groups is 1. The Hall–Kier alpha value is -3.99. The number of hydrogen-bond acceptors (Lipinski definition) is 9. The van der Waals surface area contributed by atoms with Gasteiger partial charge in [-0.2, -0.15) is 0 Å². The van der Waals surface area contributed by atoms with E-state index in [1.807, 2.05) is 43.3 Å². The number of hydrogen-bond donors (Lipinski definition) is 0. The molecule has 0 N–H and O–H groups in total. The van der Waals surface area contributed by atoms with E-state index in [1.165, 1.54) is 22.8 Å². The van der Waals surface area contributed by atoms with Crippen LogP contribution in [0.1, 0.15) is 31.2 Å². The summed E-state index contributed by atoms with van der Waals surface area (Å²) in [5, 5.41) is 10.9. The maximum absolute atomic E-state index is 13.5. The van der Waals surface area contributed by atoms with Crippen LogP contribution in [-0.2, 0) is 9.53 Å². The van der Waals surface area contributed by atoms with E-state index >= 15 is 0 Å². The highest BCUT2D eigenvalue weighted by atomic mass is 32.1. The minimum absolute atomic E-state index is 0.171. The summed E-state index contributed by atoms with van der Waals surface area (Å²) in [6.45, 7) is 3.61. The molecule has 11 heteroatoms. The molecular weight excluding hydrogens is 460 g/mol. The maximum atomic E-state index is 13.5. The molecule has 0 bridgehead atoms. The first-order chi connectivity index (χ1) is 16.2. The van der Waals surface area contributed by atoms with Gasteiger partial charge < -0.3 is 14.1 Å². The van der Waals surface area contributed by atoms with Crippen molar-refractivity contribution >= 4 is 35.0 Å². The molecule has 3 aromatic rings. The van der Waals surface area contributed by atoms with E-state index in [-0.39, 0.29) is 22.5 Å². The Morgan fingerprint density at radius 3 is 2.59 bits per heavy atom. The van der Waals surface area contributed by atoms with Crippen molar-refractivity contribution in [2.24, 2.45) is 4.99 Å². The van der Waals surface area contributed by atoms with E-state index in [9.17, 15) is 19.7 Å². The van der Waals surface area contributed by atoms with Crippen molar-refractivity contribution in [3.05, 3.63) is 88.8 Å². The van der Waals surface area contributed by atoms with E-state index in [1.54, 1.807) is 13.8 Å². The van der Waals surface area contributed by atoms with E-state index < -0.39 is 28.4 Å². The number of rotatable bonds is 6. The molecule has 0 amide bonds. The molecule has 1 aliphatic heterocycles. The van der Waals surface area contributed by atoms with Crippen LogP contribution in [0.4, 0.5) is 11.6 Å². The van der Waals surface area contributed by atoms with Crippen LogP contribution in [0.25, 0.3) is 6.08 Å². The van der Waals surface area contributed by atoms with Gasteiger partial charge in [0.2, 0.25) is 0 Å². The SMILES string of the molecule is CCOC(=O)C1=C(C)N=c2s/c(=C\c3ccc([N+](=O)[O-])o3)c(=O)n2[C@H]1c1ccc(N(C)C)cc1. The van der Waals surface area contributed by atoms with Crippen molar-refractivity contribution in [2.45, 2.75) is 19.9 Å². The van der Waals surface area contributed by atoms with Crippen molar-refractivity contribution in [1.82, 2.24) is 4.57 Å². The standard InChI is InChI=1S/C23H22N4O6S/c1-5-32-22(29)19-13(2)24-23-26(20(19)14-6-8-15(9-7-14)25(3)4)21(28)17(34-23)12-16-10-11-18(33-16)27(30)31/h6-12,20H,5H2,1-4H3/b17-12-/t20-/m0/s1. The van der Waals surface area contributed by atoms with Crippen LogP contribution >= 0.6 is 11.3 Å². The predicted molar refractivity (Wildman–Crippen MR) is 127 cm³/mol. The summed E-state index contributed by atoms with van der Waals surface area (Å²) in [6.07, 6.45) is 1.44. The van der Waals surface area contributed by atoms with Gasteiger partial charge >= 0.3 is 11.9 Å². The lowest BCUT2D eigenvalue weighted by Gasteiger charge is -2.25. The molecule has 0 spiro atoms. The summed E-state index contributed by atoms with van der Waals surface area (Å²) < 4.78 is 12.2. The molecule has 3 heterocycles. The lowest BCUT2D eigenvalue weighted by atomic mass is 9.95. The van der Waals surface area contributed by atoms with Gasteiger partial charge in [0.25, 0.3) is 5.56 Å². The fourth-order valence-corrected chi connectivity index (χ4v) is 4.74. The van der Waals surface area contributed by atoms with Gasteiger partial charge in [-0.15, -0.1) is 0 Å². The third-order valence-corrected chi connectivity index (χ3v) is 6.29. The Kier molecular flexibility index (Phi) is 6.20. The first-order valence-electron chi connectivity index (χ1n) is 10.4. The fraction of sp³-hybridized carbons (Fsp3) is 0.261. The van der Waals surface area contributed by atoms with Crippen LogP contribution in [0.5, 0.6) is 0 Å². The second-order valence-corrected chi connectivity index (χ2v) is 8.73. The van der Waals surface area contributed by atoms with Crippen LogP contribution in [-0.4, -0.2) is 36.2 Å². The van der Waals surface area contributed by atoms with Gasteiger partial charge in [0, 0.05) is 25.9 Å². The summed E-state index contributed by atoms with van der Waals surface area (Å²) >= 11 is 1.12. The predicted octanol–water partition coefficient (Wildman–Crippen LogP) is 2.37. The molecule has 1 aromatic carbocycles. The summed E-state index contributed by atoms with van der Waals surface area (Å²) in [7, 11) is 3.84. The lowest BCUT2D eigenvalue weighted by Crippen LogP contribution is -2.39. The van der Waals surface area contributed by atoms with Gasteiger partial charge in [0.05, 0.1) is 34.5 Å². The molecule has 0 saturated carbocycles.